The second kappa shape index (κ2) is 14.1. The van der Waals surface area contributed by atoms with E-state index in [0.717, 1.165) is 0 Å². The summed E-state index contributed by atoms with van der Waals surface area (Å²) in [5, 5.41) is 25.0. The van der Waals surface area contributed by atoms with Gasteiger partial charge in [0.2, 0.25) is 17.7 Å². The van der Waals surface area contributed by atoms with E-state index in [1.807, 2.05) is 0 Å². The summed E-state index contributed by atoms with van der Waals surface area (Å²) in [6, 6.07) is -3.39. The fourth-order valence-electron chi connectivity index (χ4n) is 2.32. The maximum absolute atomic E-state index is 12.4. The summed E-state index contributed by atoms with van der Waals surface area (Å²) in [4.78, 5) is 51.3. The van der Waals surface area contributed by atoms with Gasteiger partial charge >= 0.3 is 5.97 Å². The van der Waals surface area contributed by atoms with Crippen LogP contribution in [0.4, 0.5) is 0 Å². The Morgan fingerprint density at radius 3 is 2.23 bits per heavy atom. The van der Waals surface area contributed by atoms with Crippen molar-refractivity contribution < 1.29 is 29.4 Å². The van der Waals surface area contributed by atoms with Crippen LogP contribution in [0.25, 0.3) is 0 Å². The molecular formula is C17H33N7O6. The number of aliphatic hydroxyl groups is 1. The largest absolute Gasteiger partial charge is 0.480 e. The van der Waals surface area contributed by atoms with Crippen LogP contribution >= 0.6 is 0 Å². The van der Waals surface area contributed by atoms with Crippen molar-refractivity contribution in [3.63, 3.8) is 0 Å². The summed E-state index contributed by atoms with van der Waals surface area (Å²) in [5.74, 6) is -3.73. The maximum atomic E-state index is 12.4. The Hall–Kier alpha value is -2.93. The van der Waals surface area contributed by atoms with E-state index < -0.39 is 55.0 Å². The lowest BCUT2D eigenvalue weighted by Gasteiger charge is -2.25. The summed E-state index contributed by atoms with van der Waals surface area (Å²) in [5.41, 5.74) is 16.1. The molecule has 11 N–H and O–H groups in total. The molecule has 0 heterocycles. The number of carboxylic acids is 1. The normalized spacial score (nSPS) is 14.5. The molecule has 0 aromatic heterocycles. The minimum Gasteiger partial charge on any atom is -0.480 e. The van der Waals surface area contributed by atoms with Crippen molar-refractivity contribution in [2.24, 2.45) is 28.1 Å². The predicted octanol–water partition coefficient (Wildman–Crippen LogP) is -3.42. The molecule has 4 atom stereocenters. The Balaban J connectivity index is 4.68. The molecule has 0 saturated carbocycles. The third-order valence-electron chi connectivity index (χ3n) is 4.34. The van der Waals surface area contributed by atoms with Crippen LogP contribution in [0.15, 0.2) is 4.99 Å². The quantitative estimate of drug-likeness (QED) is 0.0775. The highest BCUT2D eigenvalue weighted by Crippen LogP contribution is 2.08. The highest BCUT2D eigenvalue weighted by molar-refractivity contribution is 5.92. The molecule has 4 unspecified atom stereocenters. The van der Waals surface area contributed by atoms with Gasteiger partial charge in [0, 0.05) is 6.54 Å². The first-order valence-corrected chi connectivity index (χ1v) is 9.55. The number of aliphatic imine (C=N–C) groups is 1. The Kier molecular flexibility index (Phi) is 12.7. The standard InChI is InChI=1S/C17H33N7O6/c1-3-9(2)13(15(28)23-11(8-25)16(29)30)24-12(26)7-22-14(27)10(18)5-4-6-21-17(19)20/h9-11,13,25H,3-8,18H2,1-2H3,(H,22,27)(H,23,28)(H,24,26)(H,29,30)(H4,19,20,21). The first-order valence-electron chi connectivity index (χ1n) is 9.55. The fourth-order valence-corrected chi connectivity index (χ4v) is 2.32. The lowest BCUT2D eigenvalue weighted by atomic mass is 9.98. The second-order valence-corrected chi connectivity index (χ2v) is 6.79. The molecular weight excluding hydrogens is 398 g/mol. The number of rotatable bonds is 14. The number of aliphatic hydroxyl groups excluding tert-OH is 1. The molecule has 0 rings (SSSR count). The molecule has 0 aliphatic heterocycles. The van der Waals surface area contributed by atoms with Crippen molar-refractivity contribution in [2.45, 2.75) is 51.2 Å². The van der Waals surface area contributed by atoms with Crippen LogP contribution < -0.4 is 33.2 Å². The van der Waals surface area contributed by atoms with Crippen molar-refractivity contribution in [2.75, 3.05) is 19.7 Å². The lowest BCUT2D eigenvalue weighted by Crippen LogP contribution is -2.56. The molecule has 172 valence electrons. The van der Waals surface area contributed by atoms with Gasteiger partial charge < -0.3 is 43.4 Å². The van der Waals surface area contributed by atoms with Crippen molar-refractivity contribution in [1.29, 1.82) is 0 Å². The Labute approximate surface area is 174 Å². The zero-order valence-electron chi connectivity index (χ0n) is 17.3. The van der Waals surface area contributed by atoms with Crippen LogP contribution in [-0.4, -0.2) is 77.7 Å². The zero-order chi connectivity index (χ0) is 23.3. The van der Waals surface area contributed by atoms with Gasteiger partial charge in [-0.25, -0.2) is 4.79 Å². The first kappa shape index (κ1) is 27.1. The molecule has 30 heavy (non-hydrogen) atoms. The van der Waals surface area contributed by atoms with Crippen LogP contribution in [-0.2, 0) is 19.2 Å². The van der Waals surface area contributed by atoms with E-state index in [1.54, 1.807) is 13.8 Å². The molecule has 0 radical (unpaired) electrons. The number of aliphatic carboxylic acids is 1. The first-order chi connectivity index (χ1) is 14.0. The number of nitrogens with zero attached hydrogens (tertiary/aromatic N) is 1. The van der Waals surface area contributed by atoms with E-state index in [0.29, 0.717) is 25.8 Å². The van der Waals surface area contributed by atoms with Crippen molar-refractivity contribution >= 4 is 29.7 Å². The summed E-state index contributed by atoms with van der Waals surface area (Å²) in [7, 11) is 0. The maximum Gasteiger partial charge on any atom is 0.328 e. The molecule has 0 fully saturated rings. The number of hydrogen-bond acceptors (Lipinski definition) is 7. The van der Waals surface area contributed by atoms with Crippen LogP contribution in [0.3, 0.4) is 0 Å². The number of amides is 3. The molecule has 0 saturated heterocycles. The highest BCUT2D eigenvalue weighted by atomic mass is 16.4. The Morgan fingerprint density at radius 2 is 1.73 bits per heavy atom. The number of nitrogens with one attached hydrogen (secondary N) is 3. The number of guanidine groups is 1. The number of hydrogen-bond donors (Lipinski definition) is 8. The van der Waals surface area contributed by atoms with Crippen LogP contribution in [0, 0.1) is 5.92 Å². The topological polar surface area (TPSA) is 235 Å². The van der Waals surface area contributed by atoms with E-state index >= 15 is 0 Å². The van der Waals surface area contributed by atoms with Gasteiger partial charge in [0.15, 0.2) is 5.96 Å². The molecule has 3 amide bonds. The number of carbonyl (C=O) groups is 4. The van der Waals surface area contributed by atoms with E-state index in [-0.39, 0.29) is 11.9 Å². The van der Waals surface area contributed by atoms with Gasteiger partial charge in [-0.05, 0) is 18.8 Å². The van der Waals surface area contributed by atoms with Gasteiger partial charge in [0.25, 0.3) is 0 Å². The monoisotopic (exact) mass is 431 g/mol. The van der Waals surface area contributed by atoms with Crippen molar-refractivity contribution in [3.8, 4) is 0 Å². The molecule has 0 spiro atoms. The Morgan fingerprint density at radius 1 is 1.10 bits per heavy atom. The van der Waals surface area contributed by atoms with Gasteiger partial charge in [-0.15, -0.1) is 0 Å². The average molecular weight is 431 g/mol. The predicted molar refractivity (Wildman–Crippen MR) is 109 cm³/mol. The second-order valence-electron chi connectivity index (χ2n) is 6.79. The molecule has 0 bridgehead atoms. The molecule has 0 aliphatic rings. The van der Waals surface area contributed by atoms with Gasteiger partial charge in [-0.2, -0.15) is 0 Å². The minimum absolute atomic E-state index is 0.0572. The number of carbonyl (C=O) groups excluding carboxylic acids is 3. The number of nitrogens with two attached hydrogens (primary N) is 3. The average Bonchev–Trinajstić information content (AvgIpc) is 2.69. The van der Waals surface area contributed by atoms with E-state index in [4.69, 9.17) is 27.4 Å². The van der Waals surface area contributed by atoms with Gasteiger partial charge in [-0.3, -0.25) is 19.4 Å². The lowest BCUT2D eigenvalue weighted by molar-refractivity contribution is -0.143. The zero-order valence-corrected chi connectivity index (χ0v) is 17.3. The smallest absolute Gasteiger partial charge is 0.328 e. The third kappa shape index (κ3) is 10.6. The van der Waals surface area contributed by atoms with Crippen LogP contribution in [0.1, 0.15) is 33.1 Å². The van der Waals surface area contributed by atoms with Crippen LogP contribution in [0.5, 0.6) is 0 Å². The molecule has 13 nitrogen and oxygen atoms in total. The molecule has 0 aromatic carbocycles. The third-order valence-corrected chi connectivity index (χ3v) is 4.34. The summed E-state index contributed by atoms with van der Waals surface area (Å²) in [6.07, 6.45) is 1.30. The molecule has 0 aliphatic carbocycles. The number of carboxylic acid groups (broad SMARTS) is 1. The van der Waals surface area contributed by atoms with Gasteiger partial charge in [0.1, 0.15) is 12.1 Å². The van der Waals surface area contributed by atoms with Crippen molar-refractivity contribution in [3.05, 3.63) is 0 Å². The summed E-state index contributed by atoms with van der Waals surface area (Å²) < 4.78 is 0. The molecule has 13 heteroatoms. The molecule has 0 aromatic rings. The Bertz CT molecular complexity index is 624. The van der Waals surface area contributed by atoms with Crippen molar-refractivity contribution in [1.82, 2.24) is 16.0 Å². The van der Waals surface area contributed by atoms with E-state index in [1.165, 1.54) is 0 Å². The summed E-state index contributed by atoms with van der Waals surface area (Å²) in [6.45, 7) is 2.61. The summed E-state index contributed by atoms with van der Waals surface area (Å²) >= 11 is 0. The van der Waals surface area contributed by atoms with Gasteiger partial charge in [-0.1, -0.05) is 20.3 Å². The van der Waals surface area contributed by atoms with Crippen LogP contribution in [0.2, 0.25) is 0 Å². The minimum atomic E-state index is -1.49. The SMILES string of the molecule is CCC(C)C(NC(=O)CNC(=O)C(N)CCCN=C(N)N)C(=O)NC(CO)C(=O)O. The fraction of sp³-hybridized carbons (Fsp3) is 0.706. The van der Waals surface area contributed by atoms with E-state index in [9.17, 15) is 19.2 Å². The highest BCUT2D eigenvalue weighted by Gasteiger charge is 2.29. The van der Waals surface area contributed by atoms with Gasteiger partial charge in [0.05, 0.1) is 19.2 Å². The van der Waals surface area contributed by atoms with E-state index in [2.05, 4.69) is 20.9 Å².